The molecule has 0 radical (unpaired) electrons. The third-order valence-electron chi connectivity index (χ3n) is 5.49. The van der Waals surface area contributed by atoms with Gasteiger partial charge < -0.3 is 15.3 Å². The molecule has 0 aromatic heterocycles. The van der Waals surface area contributed by atoms with Crippen molar-refractivity contribution >= 4 is 11.8 Å². The Morgan fingerprint density at radius 3 is 2.32 bits per heavy atom. The summed E-state index contributed by atoms with van der Waals surface area (Å²) < 4.78 is 0. The van der Waals surface area contributed by atoms with E-state index < -0.39 is 0 Å². The fraction of sp³-hybridized carbons (Fsp3) is 0.600. The number of likely N-dealkylation sites (tertiary alicyclic amines) is 1. The first kappa shape index (κ1) is 17.8. The molecule has 2 fully saturated rings. The lowest BCUT2D eigenvalue weighted by molar-refractivity contribution is -0.142. The lowest BCUT2D eigenvalue weighted by Crippen LogP contribution is -2.45. The molecule has 136 valence electrons. The highest BCUT2D eigenvalue weighted by Crippen LogP contribution is 2.32. The zero-order valence-electron chi connectivity index (χ0n) is 14.7. The van der Waals surface area contributed by atoms with E-state index in [1.165, 1.54) is 0 Å². The number of nitrogens with zero attached hydrogens (tertiary/aromatic N) is 1. The maximum atomic E-state index is 12.8. The number of rotatable bonds is 5. The second kappa shape index (κ2) is 8.37. The molecule has 0 unspecified atom stereocenters. The molecule has 25 heavy (non-hydrogen) atoms. The SMILES string of the molecule is O=C(NCCc1ccc(O)cc1)[C@@H]1CCCC[C@@H]1C(=O)N1CCCC1. The second-order valence-corrected chi connectivity index (χ2v) is 7.24. The molecule has 1 saturated heterocycles. The maximum Gasteiger partial charge on any atom is 0.226 e. The van der Waals surface area contributed by atoms with E-state index in [-0.39, 0.29) is 29.4 Å². The van der Waals surface area contributed by atoms with Crippen molar-refractivity contribution < 1.29 is 14.7 Å². The third-order valence-corrected chi connectivity index (χ3v) is 5.49. The number of carbonyl (C=O) groups is 2. The van der Waals surface area contributed by atoms with Crippen LogP contribution in [0.1, 0.15) is 44.1 Å². The molecule has 1 aromatic rings. The predicted molar refractivity (Wildman–Crippen MR) is 96.1 cm³/mol. The van der Waals surface area contributed by atoms with Gasteiger partial charge in [-0.05, 0) is 49.8 Å². The third kappa shape index (κ3) is 4.53. The van der Waals surface area contributed by atoms with Crippen LogP contribution < -0.4 is 5.32 Å². The van der Waals surface area contributed by atoms with Crippen LogP contribution in [0, 0.1) is 11.8 Å². The molecule has 3 rings (SSSR count). The number of nitrogens with one attached hydrogen (secondary N) is 1. The van der Waals surface area contributed by atoms with E-state index in [1.807, 2.05) is 17.0 Å². The summed E-state index contributed by atoms with van der Waals surface area (Å²) in [4.78, 5) is 27.4. The number of benzene rings is 1. The molecule has 5 nitrogen and oxygen atoms in total. The number of hydrogen-bond acceptors (Lipinski definition) is 3. The first-order valence-electron chi connectivity index (χ1n) is 9.49. The van der Waals surface area contributed by atoms with Gasteiger partial charge in [0.1, 0.15) is 5.75 Å². The highest BCUT2D eigenvalue weighted by Gasteiger charge is 2.38. The molecule has 2 N–H and O–H groups in total. The molecule has 2 aliphatic rings. The minimum atomic E-state index is -0.179. The quantitative estimate of drug-likeness (QED) is 0.862. The van der Waals surface area contributed by atoms with E-state index in [2.05, 4.69) is 5.32 Å². The fourth-order valence-electron chi connectivity index (χ4n) is 4.04. The van der Waals surface area contributed by atoms with Crippen LogP contribution in [0.3, 0.4) is 0 Å². The standard InChI is InChI=1S/C20H28N2O3/c23-16-9-7-15(8-10-16)11-12-21-19(24)17-5-1-2-6-18(17)20(25)22-13-3-4-14-22/h7-10,17-18,23H,1-6,11-14H2,(H,21,24)/t17-,18+/m1/s1. The Hall–Kier alpha value is -2.04. The molecule has 1 saturated carbocycles. The summed E-state index contributed by atoms with van der Waals surface area (Å²) >= 11 is 0. The summed E-state index contributed by atoms with van der Waals surface area (Å²) in [5.74, 6) is 0.146. The van der Waals surface area contributed by atoms with Crippen LogP contribution in [0.2, 0.25) is 0 Å². The molecular formula is C20H28N2O3. The van der Waals surface area contributed by atoms with Gasteiger partial charge in [0, 0.05) is 31.5 Å². The maximum absolute atomic E-state index is 12.8. The van der Waals surface area contributed by atoms with Gasteiger partial charge in [-0.2, -0.15) is 0 Å². The van der Waals surface area contributed by atoms with Crippen molar-refractivity contribution in [3.05, 3.63) is 29.8 Å². The zero-order chi connectivity index (χ0) is 17.6. The molecular weight excluding hydrogens is 316 g/mol. The first-order valence-corrected chi connectivity index (χ1v) is 9.49. The monoisotopic (exact) mass is 344 g/mol. The van der Waals surface area contributed by atoms with E-state index >= 15 is 0 Å². The van der Waals surface area contributed by atoms with Gasteiger partial charge in [0.05, 0.1) is 0 Å². The topological polar surface area (TPSA) is 69.6 Å². The Kier molecular flexibility index (Phi) is 5.95. The van der Waals surface area contributed by atoms with Crippen LogP contribution in [0.5, 0.6) is 5.75 Å². The molecule has 0 spiro atoms. The molecule has 1 aliphatic carbocycles. The van der Waals surface area contributed by atoms with E-state index in [0.717, 1.165) is 63.6 Å². The van der Waals surface area contributed by atoms with E-state index in [4.69, 9.17) is 0 Å². The summed E-state index contributed by atoms with van der Waals surface area (Å²) in [5.41, 5.74) is 1.08. The van der Waals surface area contributed by atoms with Crippen molar-refractivity contribution in [3.63, 3.8) is 0 Å². The summed E-state index contributed by atoms with van der Waals surface area (Å²) in [5, 5.41) is 12.3. The molecule has 1 aromatic carbocycles. The summed E-state index contributed by atoms with van der Waals surface area (Å²) in [6.07, 6.45) is 6.62. The van der Waals surface area contributed by atoms with Gasteiger partial charge in [0.15, 0.2) is 0 Å². The number of hydrogen-bond donors (Lipinski definition) is 2. The minimum absolute atomic E-state index is 0.0241. The fourth-order valence-corrected chi connectivity index (χ4v) is 4.04. The summed E-state index contributed by atoms with van der Waals surface area (Å²) in [6.45, 7) is 2.26. The Balaban J connectivity index is 1.53. The van der Waals surface area contributed by atoms with Crippen molar-refractivity contribution in [1.82, 2.24) is 10.2 Å². The Morgan fingerprint density at radius 2 is 1.64 bits per heavy atom. The predicted octanol–water partition coefficient (Wildman–Crippen LogP) is 2.48. The van der Waals surface area contributed by atoms with Crippen molar-refractivity contribution in [2.75, 3.05) is 19.6 Å². The van der Waals surface area contributed by atoms with E-state index in [9.17, 15) is 14.7 Å². The van der Waals surface area contributed by atoms with E-state index in [0.29, 0.717) is 6.54 Å². The second-order valence-electron chi connectivity index (χ2n) is 7.24. The van der Waals surface area contributed by atoms with Crippen LogP contribution >= 0.6 is 0 Å². The van der Waals surface area contributed by atoms with E-state index in [1.54, 1.807) is 12.1 Å². The smallest absolute Gasteiger partial charge is 0.226 e. The van der Waals surface area contributed by atoms with Gasteiger partial charge in [-0.3, -0.25) is 9.59 Å². The number of amides is 2. The van der Waals surface area contributed by atoms with Crippen LogP contribution in [-0.4, -0.2) is 41.5 Å². The molecule has 2 amide bonds. The Morgan fingerprint density at radius 1 is 1.00 bits per heavy atom. The van der Waals surface area contributed by atoms with Gasteiger partial charge >= 0.3 is 0 Å². The van der Waals surface area contributed by atoms with Crippen molar-refractivity contribution in [2.45, 2.75) is 44.9 Å². The van der Waals surface area contributed by atoms with Gasteiger partial charge in [0.25, 0.3) is 0 Å². The van der Waals surface area contributed by atoms with Gasteiger partial charge in [-0.15, -0.1) is 0 Å². The molecule has 1 heterocycles. The van der Waals surface area contributed by atoms with Crippen LogP contribution in [0.15, 0.2) is 24.3 Å². The average molecular weight is 344 g/mol. The zero-order valence-corrected chi connectivity index (χ0v) is 14.7. The molecule has 1 aliphatic heterocycles. The lowest BCUT2D eigenvalue weighted by atomic mass is 9.78. The molecule has 5 heteroatoms. The average Bonchev–Trinajstić information content (AvgIpc) is 3.17. The van der Waals surface area contributed by atoms with Crippen molar-refractivity contribution in [2.24, 2.45) is 11.8 Å². The number of phenolic OH excluding ortho intramolecular Hbond substituents is 1. The highest BCUT2D eigenvalue weighted by atomic mass is 16.3. The van der Waals surface area contributed by atoms with Gasteiger partial charge in [-0.25, -0.2) is 0 Å². The number of aromatic hydroxyl groups is 1. The minimum Gasteiger partial charge on any atom is -0.508 e. The number of phenols is 1. The summed E-state index contributed by atoms with van der Waals surface area (Å²) in [6, 6.07) is 7.04. The largest absolute Gasteiger partial charge is 0.508 e. The van der Waals surface area contributed by atoms with Gasteiger partial charge in [-0.1, -0.05) is 25.0 Å². The lowest BCUT2D eigenvalue weighted by Gasteiger charge is -2.32. The Bertz CT molecular complexity index is 593. The Labute approximate surface area is 149 Å². The summed E-state index contributed by atoms with van der Waals surface area (Å²) in [7, 11) is 0. The van der Waals surface area contributed by atoms with Gasteiger partial charge in [0.2, 0.25) is 11.8 Å². The van der Waals surface area contributed by atoms with Crippen LogP contribution in [-0.2, 0) is 16.0 Å². The van der Waals surface area contributed by atoms with Crippen LogP contribution in [0.25, 0.3) is 0 Å². The molecule has 0 bridgehead atoms. The first-order chi connectivity index (χ1) is 12.1. The van der Waals surface area contributed by atoms with Crippen molar-refractivity contribution in [1.29, 1.82) is 0 Å². The van der Waals surface area contributed by atoms with Crippen LogP contribution in [0.4, 0.5) is 0 Å². The molecule has 2 atom stereocenters. The van der Waals surface area contributed by atoms with Crippen molar-refractivity contribution in [3.8, 4) is 5.75 Å². The normalized spacial score (nSPS) is 23.4. The highest BCUT2D eigenvalue weighted by molar-refractivity contribution is 5.88. The number of carbonyl (C=O) groups excluding carboxylic acids is 2.